The Morgan fingerprint density at radius 1 is 1.41 bits per heavy atom. The lowest BCUT2D eigenvalue weighted by molar-refractivity contribution is -0.128. The number of amides is 1. The lowest BCUT2D eigenvalue weighted by atomic mass is 10.4. The summed E-state index contributed by atoms with van der Waals surface area (Å²) in [4.78, 5) is 17.1. The molecular formula is C11H23IN4O. The number of nitrogens with zero attached hydrogens (tertiary/aromatic N) is 2. The predicted molar refractivity (Wildman–Crippen MR) is 82.9 cm³/mol. The summed E-state index contributed by atoms with van der Waals surface area (Å²) >= 11 is 0. The number of carbonyl (C=O) groups is 1. The molecule has 1 amide bonds. The number of carbonyl (C=O) groups excluding carboxylic acids is 1. The van der Waals surface area contributed by atoms with Crippen molar-refractivity contribution in [2.45, 2.75) is 13.3 Å². The number of hydrogen-bond donors (Lipinski definition) is 2. The van der Waals surface area contributed by atoms with E-state index in [9.17, 15) is 4.79 Å². The normalized spacial score (nSPS) is 10.2. The van der Waals surface area contributed by atoms with E-state index < -0.39 is 0 Å². The zero-order chi connectivity index (χ0) is 12.4. The maximum absolute atomic E-state index is 11.3. The van der Waals surface area contributed by atoms with Gasteiger partial charge in [0.25, 0.3) is 0 Å². The van der Waals surface area contributed by atoms with E-state index in [2.05, 4.69) is 22.2 Å². The van der Waals surface area contributed by atoms with Crippen LogP contribution in [-0.4, -0.2) is 50.5 Å². The fraction of sp³-hybridized carbons (Fsp3) is 0.636. The van der Waals surface area contributed by atoms with Crippen LogP contribution in [0.1, 0.15) is 13.3 Å². The van der Waals surface area contributed by atoms with Crippen LogP contribution in [0.15, 0.2) is 17.6 Å². The van der Waals surface area contributed by atoms with Crippen LogP contribution < -0.4 is 10.6 Å². The van der Waals surface area contributed by atoms with Crippen molar-refractivity contribution in [3.05, 3.63) is 12.7 Å². The van der Waals surface area contributed by atoms with Crippen LogP contribution >= 0.6 is 24.0 Å². The van der Waals surface area contributed by atoms with Gasteiger partial charge in [-0.15, -0.1) is 30.6 Å². The first-order valence-corrected chi connectivity index (χ1v) is 5.45. The molecule has 0 aliphatic carbocycles. The van der Waals surface area contributed by atoms with Crippen LogP contribution in [0, 0.1) is 0 Å². The van der Waals surface area contributed by atoms with Gasteiger partial charge in [0.2, 0.25) is 5.91 Å². The molecule has 2 N–H and O–H groups in total. The van der Waals surface area contributed by atoms with Crippen LogP contribution in [0.4, 0.5) is 0 Å². The molecule has 0 saturated heterocycles. The highest BCUT2D eigenvalue weighted by molar-refractivity contribution is 14.0. The van der Waals surface area contributed by atoms with Crippen LogP contribution in [0.2, 0.25) is 0 Å². The zero-order valence-corrected chi connectivity index (χ0v) is 13.2. The second kappa shape index (κ2) is 11.7. The summed E-state index contributed by atoms with van der Waals surface area (Å²) < 4.78 is 0. The number of aliphatic imine (C=N–C) groups is 1. The number of guanidine groups is 1. The summed E-state index contributed by atoms with van der Waals surface area (Å²) in [6.07, 6.45) is 2.19. The SMILES string of the molecule is C=CCNC(=NCCC(=O)N(C)C)NCC.I. The molecule has 0 fully saturated rings. The minimum absolute atomic E-state index is 0. The zero-order valence-electron chi connectivity index (χ0n) is 10.8. The van der Waals surface area contributed by atoms with E-state index in [0.717, 1.165) is 6.54 Å². The molecule has 0 spiro atoms. The Morgan fingerprint density at radius 3 is 2.53 bits per heavy atom. The van der Waals surface area contributed by atoms with Gasteiger partial charge in [0.05, 0.1) is 6.54 Å². The maximum atomic E-state index is 11.3. The smallest absolute Gasteiger partial charge is 0.223 e. The second-order valence-corrected chi connectivity index (χ2v) is 3.47. The van der Waals surface area contributed by atoms with Crippen molar-refractivity contribution in [3.8, 4) is 0 Å². The third-order valence-electron chi connectivity index (χ3n) is 1.85. The average Bonchev–Trinajstić information content (AvgIpc) is 2.25. The Kier molecular flexibility index (Phi) is 12.8. The van der Waals surface area contributed by atoms with E-state index >= 15 is 0 Å². The molecule has 100 valence electrons. The van der Waals surface area contributed by atoms with Crippen LogP contribution in [0.3, 0.4) is 0 Å². The van der Waals surface area contributed by atoms with E-state index in [1.807, 2.05) is 6.92 Å². The monoisotopic (exact) mass is 354 g/mol. The quantitative estimate of drug-likeness (QED) is 0.322. The molecule has 0 saturated carbocycles. The molecule has 0 radical (unpaired) electrons. The highest BCUT2D eigenvalue weighted by Gasteiger charge is 2.02. The molecule has 0 aliphatic heterocycles. The van der Waals surface area contributed by atoms with Crippen molar-refractivity contribution in [1.82, 2.24) is 15.5 Å². The molecule has 0 atom stereocenters. The van der Waals surface area contributed by atoms with Gasteiger partial charge in [-0.3, -0.25) is 9.79 Å². The van der Waals surface area contributed by atoms with Gasteiger partial charge in [-0.1, -0.05) is 6.08 Å². The Balaban J connectivity index is 0. The van der Waals surface area contributed by atoms with Crippen LogP contribution in [0.25, 0.3) is 0 Å². The third-order valence-corrected chi connectivity index (χ3v) is 1.85. The summed E-state index contributed by atoms with van der Waals surface area (Å²) in [5.74, 6) is 0.803. The molecular weight excluding hydrogens is 331 g/mol. The molecule has 0 rings (SSSR count). The number of halogens is 1. The van der Waals surface area contributed by atoms with Crippen molar-refractivity contribution >= 4 is 35.8 Å². The summed E-state index contributed by atoms with van der Waals surface area (Å²) in [6.45, 7) is 7.56. The van der Waals surface area contributed by atoms with E-state index in [0.29, 0.717) is 25.5 Å². The molecule has 5 nitrogen and oxygen atoms in total. The fourth-order valence-corrected chi connectivity index (χ4v) is 0.998. The molecule has 0 aromatic heterocycles. The molecule has 17 heavy (non-hydrogen) atoms. The van der Waals surface area contributed by atoms with Gasteiger partial charge >= 0.3 is 0 Å². The van der Waals surface area contributed by atoms with Gasteiger partial charge in [-0.05, 0) is 6.92 Å². The molecule has 6 heteroatoms. The van der Waals surface area contributed by atoms with Crippen molar-refractivity contribution in [3.63, 3.8) is 0 Å². The summed E-state index contributed by atoms with van der Waals surface area (Å²) in [5.41, 5.74) is 0. The number of rotatable bonds is 6. The average molecular weight is 354 g/mol. The largest absolute Gasteiger partial charge is 0.357 e. The lowest BCUT2D eigenvalue weighted by Crippen LogP contribution is -2.37. The van der Waals surface area contributed by atoms with Crippen LogP contribution in [-0.2, 0) is 4.79 Å². The molecule has 0 aliphatic rings. The number of nitrogens with one attached hydrogen (secondary N) is 2. The van der Waals surface area contributed by atoms with E-state index in [1.165, 1.54) is 0 Å². The maximum Gasteiger partial charge on any atom is 0.223 e. The highest BCUT2D eigenvalue weighted by Crippen LogP contribution is 1.88. The lowest BCUT2D eigenvalue weighted by Gasteiger charge is -2.11. The molecule has 0 bridgehead atoms. The third kappa shape index (κ3) is 10.1. The summed E-state index contributed by atoms with van der Waals surface area (Å²) in [5, 5.41) is 6.16. The highest BCUT2D eigenvalue weighted by atomic mass is 127. The first-order valence-electron chi connectivity index (χ1n) is 5.45. The first kappa shape index (κ1) is 18.6. The van der Waals surface area contributed by atoms with Crippen molar-refractivity contribution < 1.29 is 4.79 Å². The summed E-state index contributed by atoms with van der Waals surface area (Å²) in [7, 11) is 3.49. The van der Waals surface area contributed by atoms with E-state index in [-0.39, 0.29) is 29.9 Å². The van der Waals surface area contributed by atoms with Crippen molar-refractivity contribution in [2.75, 3.05) is 33.7 Å². The molecule has 0 aromatic carbocycles. The number of hydrogen-bond acceptors (Lipinski definition) is 2. The van der Waals surface area contributed by atoms with Gasteiger partial charge in [-0.25, -0.2) is 0 Å². The van der Waals surface area contributed by atoms with Crippen molar-refractivity contribution in [2.24, 2.45) is 4.99 Å². The minimum atomic E-state index is 0. The second-order valence-electron chi connectivity index (χ2n) is 3.47. The Bertz CT molecular complexity index is 254. The minimum Gasteiger partial charge on any atom is -0.357 e. The molecule has 0 unspecified atom stereocenters. The molecule has 0 heterocycles. The van der Waals surface area contributed by atoms with Gasteiger partial charge in [0.15, 0.2) is 5.96 Å². The van der Waals surface area contributed by atoms with Gasteiger partial charge in [-0.2, -0.15) is 0 Å². The van der Waals surface area contributed by atoms with Gasteiger partial charge < -0.3 is 15.5 Å². The fourth-order valence-electron chi connectivity index (χ4n) is 0.998. The Labute approximate surface area is 121 Å². The van der Waals surface area contributed by atoms with E-state index in [4.69, 9.17) is 0 Å². The Hall–Kier alpha value is -0.790. The van der Waals surface area contributed by atoms with Crippen LogP contribution in [0.5, 0.6) is 0 Å². The molecule has 0 aromatic rings. The Morgan fingerprint density at radius 2 is 2.06 bits per heavy atom. The first-order chi connectivity index (χ1) is 7.61. The van der Waals surface area contributed by atoms with Gasteiger partial charge in [0.1, 0.15) is 0 Å². The topological polar surface area (TPSA) is 56.7 Å². The predicted octanol–water partition coefficient (Wildman–Crippen LogP) is 0.824. The summed E-state index contributed by atoms with van der Waals surface area (Å²) in [6, 6.07) is 0. The van der Waals surface area contributed by atoms with Crippen molar-refractivity contribution in [1.29, 1.82) is 0 Å². The standard InChI is InChI=1S/C11H22N4O.HI/c1-5-8-13-11(12-6-2)14-9-7-10(16)15(3)4;/h5H,1,6-9H2,2-4H3,(H2,12,13,14);1H. The van der Waals surface area contributed by atoms with E-state index in [1.54, 1.807) is 25.1 Å². The van der Waals surface area contributed by atoms with Gasteiger partial charge in [0, 0.05) is 33.6 Å².